The van der Waals surface area contributed by atoms with Crippen LogP contribution in [0.25, 0.3) is 20.4 Å². The molecule has 0 unspecified atom stereocenters. The molecule has 24 heavy (non-hydrogen) atoms. The third-order valence-electron chi connectivity index (χ3n) is 3.32. The highest BCUT2D eigenvalue weighted by atomic mass is 35.5. The number of anilines is 2. The molecule has 4 rings (SSSR count). The lowest BCUT2D eigenvalue weighted by Crippen LogP contribution is -2.19. The van der Waals surface area contributed by atoms with Crippen molar-refractivity contribution in [1.29, 1.82) is 0 Å². The van der Waals surface area contributed by atoms with E-state index in [4.69, 9.17) is 11.6 Å². The van der Waals surface area contributed by atoms with Crippen molar-refractivity contribution in [2.24, 2.45) is 0 Å². The summed E-state index contributed by atoms with van der Waals surface area (Å²) in [6.45, 7) is 1.98. The van der Waals surface area contributed by atoms with E-state index < -0.39 is 0 Å². The molecule has 0 fully saturated rings. The minimum absolute atomic E-state index is 0.354. The Kier molecular flexibility index (Phi) is 3.84. The molecule has 0 atom stereocenters. The number of hydrogen-bond acceptors (Lipinski definition) is 5. The van der Waals surface area contributed by atoms with E-state index in [2.05, 4.69) is 20.6 Å². The highest BCUT2D eigenvalue weighted by molar-refractivity contribution is 7.28. The third-order valence-corrected chi connectivity index (χ3v) is 5.69. The van der Waals surface area contributed by atoms with Gasteiger partial charge in [0.05, 0.1) is 25.4 Å². The standard InChI is InChI=1S/C16H11ClN4OS2/c1-8-18-11-5-6-12-14(13(11)23-8)24-16(20-12)21-15(22)19-10-4-2-3-9(17)7-10/h2-7H,1H3,(H2,19,20,21,22). The number of nitrogens with zero attached hydrogens (tertiary/aromatic N) is 2. The average Bonchev–Trinajstić information content (AvgIpc) is 3.08. The lowest BCUT2D eigenvalue weighted by atomic mass is 10.3. The van der Waals surface area contributed by atoms with E-state index >= 15 is 0 Å². The van der Waals surface area contributed by atoms with Gasteiger partial charge in [0.25, 0.3) is 0 Å². The van der Waals surface area contributed by atoms with Gasteiger partial charge in [0, 0.05) is 10.7 Å². The predicted octanol–water partition coefficient (Wildman–Crippen LogP) is 5.51. The van der Waals surface area contributed by atoms with Gasteiger partial charge in [-0.1, -0.05) is 29.0 Å². The fraction of sp³-hybridized carbons (Fsp3) is 0.0625. The smallest absolute Gasteiger partial charge is 0.308 e. The van der Waals surface area contributed by atoms with Crippen molar-refractivity contribution in [1.82, 2.24) is 9.97 Å². The van der Waals surface area contributed by atoms with Gasteiger partial charge in [-0.15, -0.1) is 11.3 Å². The zero-order chi connectivity index (χ0) is 16.7. The maximum atomic E-state index is 12.1. The van der Waals surface area contributed by atoms with Gasteiger partial charge in [-0.05, 0) is 37.3 Å². The Bertz CT molecular complexity index is 1070. The van der Waals surface area contributed by atoms with Crippen LogP contribution in [0.3, 0.4) is 0 Å². The molecular formula is C16H11ClN4OS2. The number of aryl methyl sites for hydroxylation is 1. The minimum atomic E-state index is -0.354. The number of halogens is 1. The quantitative estimate of drug-likeness (QED) is 0.486. The highest BCUT2D eigenvalue weighted by Crippen LogP contribution is 2.35. The fourth-order valence-electron chi connectivity index (χ4n) is 2.36. The van der Waals surface area contributed by atoms with Crippen LogP contribution >= 0.6 is 34.3 Å². The zero-order valence-corrected chi connectivity index (χ0v) is 14.9. The Morgan fingerprint density at radius 3 is 2.58 bits per heavy atom. The Morgan fingerprint density at radius 1 is 1.04 bits per heavy atom. The van der Waals surface area contributed by atoms with Crippen molar-refractivity contribution in [3.05, 3.63) is 46.4 Å². The molecule has 0 aliphatic heterocycles. The molecule has 4 aromatic rings. The first kappa shape index (κ1) is 15.3. The van der Waals surface area contributed by atoms with E-state index in [1.54, 1.807) is 35.6 Å². The van der Waals surface area contributed by atoms with Crippen LogP contribution in [0.4, 0.5) is 15.6 Å². The number of amides is 2. The number of fused-ring (bicyclic) bond motifs is 3. The number of aromatic nitrogens is 2. The molecule has 0 radical (unpaired) electrons. The number of benzene rings is 2. The monoisotopic (exact) mass is 374 g/mol. The number of carbonyl (C=O) groups excluding carboxylic acids is 1. The zero-order valence-electron chi connectivity index (χ0n) is 12.5. The second-order valence-corrected chi connectivity index (χ2v) is 7.74. The first-order chi connectivity index (χ1) is 11.6. The number of thiazole rings is 2. The SMILES string of the molecule is Cc1nc2ccc3nc(NC(=O)Nc4cccc(Cl)c4)sc3c2s1. The fourth-order valence-corrected chi connectivity index (χ4v) is 4.56. The minimum Gasteiger partial charge on any atom is -0.308 e. The number of hydrogen-bond donors (Lipinski definition) is 2. The largest absolute Gasteiger partial charge is 0.325 e. The topological polar surface area (TPSA) is 66.9 Å². The molecule has 5 nitrogen and oxygen atoms in total. The van der Waals surface area contributed by atoms with Crippen LogP contribution in [-0.2, 0) is 0 Å². The van der Waals surface area contributed by atoms with Crippen LogP contribution in [0, 0.1) is 6.92 Å². The van der Waals surface area contributed by atoms with E-state index in [9.17, 15) is 4.79 Å². The van der Waals surface area contributed by atoms with Gasteiger partial charge in [-0.3, -0.25) is 5.32 Å². The van der Waals surface area contributed by atoms with Crippen molar-refractivity contribution in [3.63, 3.8) is 0 Å². The van der Waals surface area contributed by atoms with Gasteiger partial charge in [-0.2, -0.15) is 0 Å². The van der Waals surface area contributed by atoms with Crippen LogP contribution in [-0.4, -0.2) is 16.0 Å². The molecule has 8 heteroatoms. The third kappa shape index (κ3) is 2.93. The number of rotatable bonds is 2. The molecule has 2 aromatic carbocycles. The molecule has 2 N–H and O–H groups in total. The highest BCUT2D eigenvalue weighted by Gasteiger charge is 2.12. The summed E-state index contributed by atoms with van der Waals surface area (Å²) < 4.78 is 2.14. The maximum absolute atomic E-state index is 12.1. The maximum Gasteiger partial charge on any atom is 0.325 e. The van der Waals surface area contributed by atoms with E-state index in [1.165, 1.54) is 11.3 Å². The van der Waals surface area contributed by atoms with Gasteiger partial charge in [-0.25, -0.2) is 14.8 Å². The summed E-state index contributed by atoms with van der Waals surface area (Å²) >= 11 is 8.99. The van der Waals surface area contributed by atoms with Gasteiger partial charge < -0.3 is 5.32 Å². The van der Waals surface area contributed by atoms with Crippen molar-refractivity contribution in [2.45, 2.75) is 6.92 Å². The first-order valence-electron chi connectivity index (χ1n) is 7.09. The summed E-state index contributed by atoms with van der Waals surface area (Å²) in [5.41, 5.74) is 2.44. The Labute approximate surface area is 150 Å². The second-order valence-electron chi connectivity index (χ2n) is 5.10. The Hall–Kier alpha value is -2.22. The lowest BCUT2D eigenvalue weighted by Gasteiger charge is -2.05. The molecule has 0 bridgehead atoms. The summed E-state index contributed by atoms with van der Waals surface area (Å²) in [5.74, 6) is 0. The molecular weight excluding hydrogens is 364 g/mol. The summed E-state index contributed by atoms with van der Waals surface area (Å²) in [4.78, 5) is 21.1. The van der Waals surface area contributed by atoms with E-state index in [0.29, 0.717) is 15.8 Å². The number of carbonyl (C=O) groups is 1. The molecule has 2 amide bonds. The summed E-state index contributed by atoms with van der Waals surface area (Å²) in [6.07, 6.45) is 0. The molecule has 0 saturated carbocycles. The number of urea groups is 1. The van der Waals surface area contributed by atoms with Crippen molar-refractivity contribution >= 4 is 71.6 Å². The van der Waals surface area contributed by atoms with Gasteiger partial charge in [0.1, 0.15) is 0 Å². The van der Waals surface area contributed by atoms with Crippen molar-refractivity contribution in [2.75, 3.05) is 10.6 Å². The van der Waals surface area contributed by atoms with Gasteiger partial charge in [0.15, 0.2) is 5.13 Å². The van der Waals surface area contributed by atoms with E-state index in [0.717, 1.165) is 25.4 Å². The lowest BCUT2D eigenvalue weighted by molar-refractivity contribution is 0.262. The molecule has 2 aromatic heterocycles. The van der Waals surface area contributed by atoms with Crippen LogP contribution < -0.4 is 10.6 Å². The van der Waals surface area contributed by atoms with Gasteiger partial charge in [0.2, 0.25) is 0 Å². The van der Waals surface area contributed by atoms with Crippen molar-refractivity contribution in [3.8, 4) is 0 Å². The molecule has 120 valence electrons. The van der Waals surface area contributed by atoms with Crippen molar-refractivity contribution < 1.29 is 4.79 Å². The molecule has 0 saturated heterocycles. The average molecular weight is 375 g/mol. The molecule has 2 heterocycles. The normalized spacial score (nSPS) is 11.1. The van der Waals surface area contributed by atoms with Crippen LogP contribution in [0.5, 0.6) is 0 Å². The predicted molar refractivity (Wildman–Crippen MR) is 102 cm³/mol. The summed E-state index contributed by atoms with van der Waals surface area (Å²) in [7, 11) is 0. The van der Waals surface area contributed by atoms with Crippen LogP contribution in [0.2, 0.25) is 5.02 Å². The molecule has 0 aliphatic carbocycles. The van der Waals surface area contributed by atoms with E-state index in [1.807, 2.05) is 19.1 Å². The Morgan fingerprint density at radius 2 is 1.79 bits per heavy atom. The number of nitrogens with one attached hydrogen (secondary N) is 2. The van der Waals surface area contributed by atoms with Gasteiger partial charge >= 0.3 is 6.03 Å². The van der Waals surface area contributed by atoms with E-state index in [-0.39, 0.29) is 6.03 Å². The van der Waals surface area contributed by atoms with Crippen LogP contribution in [0.1, 0.15) is 5.01 Å². The molecule has 0 spiro atoms. The second kappa shape index (κ2) is 6.01. The van der Waals surface area contributed by atoms with Crippen LogP contribution in [0.15, 0.2) is 36.4 Å². The summed E-state index contributed by atoms with van der Waals surface area (Å²) in [5, 5.41) is 7.63. The Balaban J connectivity index is 1.60. The summed E-state index contributed by atoms with van der Waals surface area (Å²) in [6, 6.07) is 10.5. The first-order valence-corrected chi connectivity index (χ1v) is 9.10. The molecule has 0 aliphatic rings.